The number of carbonyl (C=O) groups excluding carboxylic acids is 2. The highest BCUT2D eigenvalue weighted by molar-refractivity contribution is 6.38. The van der Waals surface area contributed by atoms with Crippen LogP contribution in [0.25, 0.3) is 10.9 Å². The Labute approximate surface area is 202 Å². The maximum absolute atomic E-state index is 13.3. The van der Waals surface area contributed by atoms with Crippen LogP contribution < -0.4 is 5.32 Å². The number of benzene rings is 2. The van der Waals surface area contributed by atoms with Crippen molar-refractivity contribution in [2.75, 3.05) is 13.6 Å². The number of likely N-dealkylation sites (N-methyl/N-ethyl adjacent to an activating group) is 1. The zero-order valence-corrected chi connectivity index (χ0v) is 20.2. The van der Waals surface area contributed by atoms with Crippen molar-refractivity contribution >= 4 is 45.9 Å². The van der Waals surface area contributed by atoms with Crippen molar-refractivity contribution in [3.63, 3.8) is 0 Å². The zero-order valence-electron chi connectivity index (χ0n) is 18.7. The van der Waals surface area contributed by atoms with Gasteiger partial charge in [0.1, 0.15) is 6.04 Å². The molecule has 1 unspecified atom stereocenters. The van der Waals surface area contributed by atoms with Crippen LogP contribution in [0.15, 0.2) is 30.3 Å². The average molecular weight is 483 g/mol. The number of hydrogen-bond donors (Lipinski definition) is 1. The third-order valence-electron chi connectivity index (χ3n) is 6.43. The van der Waals surface area contributed by atoms with Crippen molar-refractivity contribution < 1.29 is 9.59 Å². The molecule has 0 spiro atoms. The summed E-state index contributed by atoms with van der Waals surface area (Å²) in [5.41, 5.74) is 4.53. The number of nitrogens with one attached hydrogen (secondary N) is 1. The summed E-state index contributed by atoms with van der Waals surface area (Å²) in [5.74, 6) is -0.440. The lowest BCUT2D eigenvalue weighted by molar-refractivity contribution is -0.124. The topological polar surface area (TPSA) is 78.1 Å². The Morgan fingerprint density at radius 3 is 2.70 bits per heavy atom. The van der Waals surface area contributed by atoms with Gasteiger partial charge in [0.25, 0.3) is 5.91 Å². The number of rotatable bonds is 4. The Balaban J connectivity index is 1.72. The van der Waals surface area contributed by atoms with Crippen molar-refractivity contribution in [1.82, 2.24) is 14.8 Å². The molecule has 1 aliphatic heterocycles. The molecule has 0 aliphatic carbocycles. The van der Waals surface area contributed by atoms with Crippen LogP contribution in [0.1, 0.15) is 45.6 Å². The van der Waals surface area contributed by atoms with Gasteiger partial charge in [-0.1, -0.05) is 23.2 Å². The molecule has 8 heteroatoms. The maximum atomic E-state index is 13.3. The largest absolute Gasteiger partial charge is 0.357 e. The molecule has 4 rings (SSSR count). The van der Waals surface area contributed by atoms with E-state index in [1.165, 1.54) is 0 Å². The second-order valence-corrected chi connectivity index (χ2v) is 9.15. The van der Waals surface area contributed by atoms with Gasteiger partial charge in [0.15, 0.2) is 0 Å². The van der Waals surface area contributed by atoms with Gasteiger partial charge in [-0.2, -0.15) is 5.26 Å². The first-order valence-electron chi connectivity index (χ1n) is 10.7. The minimum absolute atomic E-state index is 0.172. The second kappa shape index (κ2) is 9.09. The van der Waals surface area contributed by atoms with Crippen LogP contribution >= 0.6 is 23.2 Å². The van der Waals surface area contributed by atoms with E-state index in [2.05, 4.69) is 17.5 Å². The van der Waals surface area contributed by atoms with Crippen molar-refractivity contribution in [1.29, 1.82) is 5.26 Å². The molecule has 170 valence electrons. The molecule has 1 atom stereocenters. The van der Waals surface area contributed by atoms with E-state index in [-0.39, 0.29) is 11.8 Å². The number of hydrogen-bond acceptors (Lipinski definition) is 3. The van der Waals surface area contributed by atoms with E-state index in [0.717, 1.165) is 28.6 Å². The first-order valence-corrected chi connectivity index (χ1v) is 11.5. The highest BCUT2D eigenvalue weighted by Gasteiger charge is 2.35. The summed E-state index contributed by atoms with van der Waals surface area (Å²) in [6.07, 6.45) is 1.81. The van der Waals surface area contributed by atoms with E-state index >= 15 is 0 Å². The SMILES string of the molecule is CNC(=O)C1CCCN1C(=O)c1ccc(Cl)c(Cc2cc3c(C)cc(C#N)cc3n2C)c1Cl. The van der Waals surface area contributed by atoms with Crippen LogP contribution in [0.5, 0.6) is 0 Å². The summed E-state index contributed by atoms with van der Waals surface area (Å²) in [5, 5.41) is 13.8. The highest BCUT2D eigenvalue weighted by Crippen LogP contribution is 2.34. The number of halogens is 2. The van der Waals surface area contributed by atoms with Gasteiger partial charge in [0, 0.05) is 48.7 Å². The van der Waals surface area contributed by atoms with Crippen molar-refractivity contribution in [2.45, 2.75) is 32.2 Å². The van der Waals surface area contributed by atoms with E-state index in [1.807, 2.05) is 30.7 Å². The van der Waals surface area contributed by atoms with Crippen molar-refractivity contribution in [2.24, 2.45) is 7.05 Å². The standard InChI is InChI=1S/C25H24Cl2N4O2/c1-14-9-15(13-28)10-22-18(14)11-16(30(22)3)12-19-20(26)7-6-17(23(19)27)25(33)31-8-4-5-21(31)24(32)29-2/h6-7,9-11,21H,4-5,8,12H2,1-3H3,(H,29,32). The van der Waals surface area contributed by atoms with Gasteiger partial charge in [-0.15, -0.1) is 0 Å². The smallest absolute Gasteiger partial charge is 0.256 e. The van der Waals surface area contributed by atoms with E-state index < -0.39 is 6.04 Å². The number of likely N-dealkylation sites (tertiary alicyclic amines) is 1. The third-order valence-corrected chi connectivity index (χ3v) is 7.22. The predicted molar refractivity (Wildman–Crippen MR) is 130 cm³/mol. The summed E-state index contributed by atoms with van der Waals surface area (Å²) in [4.78, 5) is 27.1. The molecular weight excluding hydrogens is 459 g/mol. The number of aromatic nitrogens is 1. The Bertz CT molecular complexity index is 1320. The summed E-state index contributed by atoms with van der Waals surface area (Å²) in [7, 11) is 3.51. The Morgan fingerprint density at radius 2 is 2.00 bits per heavy atom. The number of amides is 2. The summed E-state index contributed by atoms with van der Waals surface area (Å²) in [6, 6.07) is 10.8. The zero-order chi connectivity index (χ0) is 23.9. The first-order chi connectivity index (χ1) is 15.8. The minimum Gasteiger partial charge on any atom is -0.357 e. The minimum atomic E-state index is -0.492. The molecule has 1 saturated heterocycles. The quantitative estimate of drug-likeness (QED) is 0.589. The van der Waals surface area contributed by atoms with Crippen molar-refractivity contribution in [3.05, 3.63) is 68.3 Å². The molecule has 2 aromatic carbocycles. The number of aryl methyl sites for hydroxylation is 2. The van der Waals surface area contributed by atoms with Gasteiger partial charge in [0.05, 0.1) is 22.2 Å². The molecule has 1 N–H and O–H groups in total. The van der Waals surface area contributed by atoms with E-state index in [9.17, 15) is 14.9 Å². The highest BCUT2D eigenvalue weighted by atomic mass is 35.5. The van der Waals surface area contributed by atoms with Crippen LogP contribution in [-0.4, -0.2) is 40.9 Å². The molecule has 1 fully saturated rings. The van der Waals surface area contributed by atoms with E-state index in [4.69, 9.17) is 23.2 Å². The van der Waals surface area contributed by atoms with Crippen LogP contribution in [0.2, 0.25) is 10.0 Å². The van der Waals surface area contributed by atoms with Crippen LogP contribution in [0, 0.1) is 18.3 Å². The fourth-order valence-corrected chi connectivity index (χ4v) is 5.19. The number of carbonyl (C=O) groups is 2. The third kappa shape index (κ3) is 4.07. The average Bonchev–Trinajstić information content (AvgIpc) is 3.41. The molecule has 1 aromatic heterocycles. The Hall–Kier alpha value is -3.01. The summed E-state index contributed by atoms with van der Waals surface area (Å²) < 4.78 is 2.02. The molecule has 1 aliphatic rings. The maximum Gasteiger partial charge on any atom is 0.256 e. The Morgan fingerprint density at radius 1 is 1.24 bits per heavy atom. The first kappa shape index (κ1) is 23.2. The molecule has 3 aromatic rings. The molecule has 0 radical (unpaired) electrons. The van der Waals surface area contributed by atoms with Gasteiger partial charge in [0.2, 0.25) is 5.91 Å². The fourth-order valence-electron chi connectivity index (χ4n) is 4.61. The second-order valence-electron chi connectivity index (χ2n) is 8.37. The number of fused-ring (bicyclic) bond motifs is 1. The van der Waals surface area contributed by atoms with Gasteiger partial charge in [-0.3, -0.25) is 9.59 Å². The van der Waals surface area contributed by atoms with Crippen LogP contribution in [0.3, 0.4) is 0 Å². The molecule has 33 heavy (non-hydrogen) atoms. The summed E-state index contributed by atoms with van der Waals surface area (Å²) >= 11 is 13.3. The molecule has 0 bridgehead atoms. The van der Waals surface area contributed by atoms with Gasteiger partial charge < -0.3 is 14.8 Å². The molecule has 0 saturated carbocycles. The van der Waals surface area contributed by atoms with E-state index in [0.29, 0.717) is 46.1 Å². The van der Waals surface area contributed by atoms with Crippen LogP contribution in [0.4, 0.5) is 0 Å². The monoisotopic (exact) mass is 482 g/mol. The molecular formula is C25H24Cl2N4O2. The van der Waals surface area contributed by atoms with Gasteiger partial charge >= 0.3 is 0 Å². The molecule has 2 heterocycles. The van der Waals surface area contributed by atoms with Crippen LogP contribution in [-0.2, 0) is 18.3 Å². The Kier molecular flexibility index (Phi) is 6.38. The van der Waals surface area contributed by atoms with Crippen molar-refractivity contribution in [3.8, 4) is 6.07 Å². The normalized spacial score (nSPS) is 15.6. The number of nitrogens with zero attached hydrogens (tertiary/aromatic N) is 3. The lowest BCUT2D eigenvalue weighted by Gasteiger charge is -2.24. The summed E-state index contributed by atoms with van der Waals surface area (Å²) in [6.45, 7) is 2.49. The van der Waals surface area contributed by atoms with Gasteiger partial charge in [-0.25, -0.2) is 0 Å². The van der Waals surface area contributed by atoms with E-state index in [1.54, 1.807) is 24.1 Å². The molecule has 6 nitrogen and oxygen atoms in total. The predicted octanol–water partition coefficient (Wildman–Crippen LogP) is 4.61. The lowest BCUT2D eigenvalue weighted by Crippen LogP contribution is -2.45. The lowest BCUT2D eigenvalue weighted by atomic mass is 10.0. The number of nitriles is 1. The molecule has 2 amide bonds. The fraction of sp³-hybridized carbons (Fsp3) is 0.320. The van der Waals surface area contributed by atoms with Gasteiger partial charge in [-0.05, 0) is 61.2 Å².